The molecule has 1 fully saturated rings. The van der Waals surface area contributed by atoms with Gasteiger partial charge in [0.2, 0.25) is 5.91 Å². The van der Waals surface area contributed by atoms with E-state index in [4.69, 9.17) is 9.84 Å². The van der Waals surface area contributed by atoms with Gasteiger partial charge in [-0.3, -0.25) is 4.79 Å². The van der Waals surface area contributed by atoms with Crippen molar-refractivity contribution in [2.24, 2.45) is 0 Å². The third kappa shape index (κ3) is 5.00. The number of aromatic amines is 1. The molecule has 1 aromatic carbocycles. The number of carbonyl (C=O) groups excluding carboxylic acids is 1. The van der Waals surface area contributed by atoms with E-state index < -0.39 is 0 Å². The van der Waals surface area contributed by atoms with Crippen LogP contribution in [0.3, 0.4) is 0 Å². The van der Waals surface area contributed by atoms with E-state index in [9.17, 15) is 4.79 Å². The van der Waals surface area contributed by atoms with Crippen molar-refractivity contribution in [3.8, 4) is 5.75 Å². The van der Waals surface area contributed by atoms with Gasteiger partial charge in [-0.1, -0.05) is 18.2 Å². The van der Waals surface area contributed by atoms with Crippen molar-refractivity contribution >= 4 is 29.0 Å². The summed E-state index contributed by atoms with van der Waals surface area (Å²) in [6, 6.07) is 7.82. The molecule has 0 spiro atoms. The Kier molecular flexibility index (Phi) is 6.73. The van der Waals surface area contributed by atoms with Crippen molar-refractivity contribution < 1.29 is 14.6 Å². The highest BCUT2D eigenvalue weighted by molar-refractivity contribution is 5.92. The number of hydrogen-bond donors (Lipinski definition) is 3. The smallest absolute Gasteiger partial charge is 0.244 e. The van der Waals surface area contributed by atoms with Gasteiger partial charge in [0, 0.05) is 31.3 Å². The monoisotopic (exact) mass is 422 g/mol. The van der Waals surface area contributed by atoms with Gasteiger partial charge in [0.25, 0.3) is 0 Å². The van der Waals surface area contributed by atoms with Crippen LogP contribution in [-0.4, -0.2) is 63.3 Å². The van der Waals surface area contributed by atoms with Gasteiger partial charge < -0.3 is 25.0 Å². The number of aliphatic hydroxyl groups excluding tert-OH is 1. The second-order valence-electron chi connectivity index (χ2n) is 7.34. The number of para-hydroxylation sites is 1. The number of carbonyl (C=O) groups is 1. The minimum atomic E-state index is -0.197. The second kappa shape index (κ2) is 10.0. The van der Waals surface area contributed by atoms with Crippen molar-refractivity contribution in [3.05, 3.63) is 48.6 Å². The summed E-state index contributed by atoms with van der Waals surface area (Å²) < 4.78 is 6.17. The maximum Gasteiger partial charge on any atom is 0.244 e. The van der Waals surface area contributed by atoms with E-state index in [-0.39, 0.29) is 18.6 Å². The fourth-order valence-electron chi connectivity index (χ4n) is 3.70. The van der Waals surface area contributed by atoms with E-state index in [1.54, 1.807) is 18.7 Å². The molecule has 9 nitrogen and oxygen atoms in total. The summed E-state index contributed by atoms with van der Waals surface area (Å²) in [6.45, 7) is 1.90. The van der Waals surface area contributed by atoms with Crippen LogP contribution in [0.15, 0.2) is 43.0 Å². The summed E-state index contributed by atoms with van der Waals surface area (Å²) in [5.41, 5.74) is 2.33. The van der Waals surface area contributed by atoms with Gasteiger partial charge in [-0.25, -0.2) is 15.0 Å². The Balaban J connectivity index is 1.42. The first kappa shape index (κ1) is 20.8. The molecule has 2 aromatic heterocycles. The quantitative estimate of drug-likeness (QED) is 0.356. The molecule has 31 heavy (non-hydrogen) atoms. The standard InChI is InChI=1S/C22H26N6O3/c29-12-4-10-23-19(30)9-8-16-5-1-2-7-18(16)31-13-17-6-3-11-28(17)22-20-21(25-14-24-20)26-15-27-22/h1-2,5,7-9,14-15,17,29H,3-4,6,10-13H2,(H,23,30)(H,24,25,26,27)/t17-/m1/s1. The lowest BCUT2D eigenvalue weighted by atomic mass is 10.2. The lowest BCUT2D eigenvalue weighted by Crippen LogP contribution is -2.35. The maximum absolute atomic E-state index is 11.9. The van der Waals surface area contributed by atoms with E-state index in [0.29, 0.717) is 19.6 Å². The molecule has 0 aliphatic carbocycles. The number of aliphatic hydroxyl groups is 1. The first-order valence-corrected chi connectivity index (χ1v) is 10.5. The molecule has 162 valence electrons. The fourth-order valence-corrected chi connectivity index (χ4v) is 3.70. The molecular weight excluding hydrogens is 396 g/mol. The van der Waals surface area contributed by atoms with Crippen molar-refractivity contribution in [1.82, 2.24) is 25.3 Å². The van der Waals surface area contributed by atoms with Crippen LogP contribution in [0, 0.1) is 0 Å². The van der Waals surface area contributed by atoms with E-state index in [1.165, 1.54) is 6.08 Å². The zero-order chi connectivity index (χ0) is 21.5. The summed E-state index contributed by atoms with van der Waals surface area (Å²) in [4.78, 5) is 30.2. The number of fused-ring (bicyclic) bond motifs is 1. The maximum atomic E-state index is 11.9. The number of imidazole rings is 1. The minimum absolute atomic E-state index is 0.0551. The van der Waals surface area contributed by atoms with E-state index in [1.807, 2.05) is 24.3 Å². The normalized spacial score (nSPS) is 16.3. The Bertz CT molecular complexity index is 1050. The SMILES string of the molecule is O=C(C=Cc1ccccc1OC[C@H]1CCCN1c1ncnc2[nH]cnc12)NCCCO. The van der Waals surface area contributed by atoms with Crippen molar-refractivity contribution in [3.63, 3.8) is 0 Å². The first-order chi connectivity index (χ1) is 15.3. The molecule has 1 saturated heterocycles. The largest absolute Gasteiger partial charge is 0.491 e. The lowest BCUT2D eigenvalue weighted by Gasteiger charge is -2.26. The average Bonchev–Trinajstić information content (AvgIpc) is 3.46. The van der Waals surface area contributed by atoms with Gasteiger partial charge in [0.15, 0.2) is 11.5 Å². The van der Waals surface area contributed by atoms with Crippen LogP contribution in [-0.2, 0) is 4.79 Å². The van der Waals surface area contributed by atoms with E-state index in [0.717, 1.165) is 47.7 Å². The number of H-pyrrole nitrogens is 1. The summed E-state index contributed by atoms with van der Waals surface area (Å²) in [5, 5.41) is 11.5. The zero-order valence-corrected chi connectivity index (χ0v) is 17.2. The number of nitrogens with zero attached hydrogens (tertiary/aromatic N) is 4. The van der Waals surface area contributed by atoms with Gasteiger partial charge >= 0.3 is 0 Å². The van der Waals surface area contributed by atoms with Crippen molar-refractivity contribution in [1.29, 1.82) is 0 Å². The van der Waals surface area contributed by atoms with Crippen LogP contribution >= 0.6 is 0 Å². The van der Waals surface area contributed by atoms with Crippen LogP contribution in [0.4, 0.5) is 5.82 Å². The highest BCUT2D eigenvalue weighted by Gasteiger charge is 2.28. The number of rotatable bonds is 9. The van der Waals surface area contributed by atoms with Crippen LogP contribution in [0.2, 0.25) is 0 Å². The number of benzene rings is 1. The molecule has 1 aliphatic heterocycles. The Hall–Kier alpha value is -3.46. The summed E-state index contributed by atoms with van der Waals surface area (Å²) in [6.07, 6.45) is 9.00. The molecule has 9 heteroatoms. The summed E-state index contributed by atoms with van der Waals surface area (Å²) in [7, 11) is 0. The lowest BCUT2D eigenvalue weighted by molar-refractivity contribution is -0.116. The summed E-state index contributed by atoms with van der Waals surface area (Å²) in [5.74, 6) is 1.35. The molecule has 3 heterocycles. The minimum Gasteiger partial charge on any atom is -0.491 e. The molecule has 0 radical (unpaired) electrons. The highest BCUT2D eigenvalue weighted by atomic mass is 16.5. The van der Waals surface area contributed by atoms with E-state index >= 15 is 0 Å². The van der Waals surface area contributed by atoms with Crippen LogP contribution in [0.5, 0.6) is 5.75 Å². The first-order valence-electron chi connectivity index (χ1n) is 10.5. The van der Waals surface area contributed by atoms with E-state index in [2.05, 4.69) is 30.2 Å². The Morgan fingerprint density at radius 1 is 1.32 bits per heavy atom. The van der Waals surface area contributed by atoms with Crippen LogP contribution in [0.1, 0.15) is 24.8 Å². The van der Waals surface area contributed by atoms with Gasteiger partial charge in [-0.2, -0.15) is 0 Å². The topological polar surface area (TPSA) is 116 Å². The predicted molar refractivity (Wildman–Crippen MR) is 118 cm³/mol. The fraction of sp³-hybridized carbons (Fsp3) is 0.364. The van der Waals surface area contributed by atoms with Crippen molar-refractivity contribution in [2.45, 2.75) is 25.3 Å². The van der Waals surface area contributed by atoms with Crippen LogP contribution < -0.4 is 15.0 Å². The number of aromatic nitrogens is 4. The number of hydrogen-bond acceptors (Lipinski definition) is 7. The molecule has 0 saturated carbocycles. The molecular formula is C22H26N6O3. The molecule has 4 rings (SSSR count). The Morgan fingerprint density at radius 3 is 3.13 bits per heavy atom. The molecule has 3 aromatic rings. The van der Waals surface area contributed by atoms with Crippen LogP contribution in [0.25, 0.3) is 17.2 Å². The number of amides is 1. The third-order valence-corrected chi connectivity index (χ3v) is 5.25. The molecule has 0 unspecified atom stereocenters. The average molecular weight is 422 g/mol. The number of nitrogens with one attached hydrogen (secondary N) is 2. The second-order valence-corrected chi connectivity index (χ2v) is 7.34. The number of ether oxygens (including phenoxy) is 1. The molecule has 1 atom stereocenters. The molecule has 1 aliphatic rings. The predicted octanol–water partition coefficient (Wildman–Crippen LogP) is 1.91. The van der Waals surface area contributed by atoms with Gasteiger partial charge in [0.05, 0.1) is 12.4 Å². The Labute approximate surface area is 180 Å². The van der Waals surface area contributed by atoms with Gasteiger partial charge in [0.1, 0.15) is 24.2 Å². The molecule has 0 bridgehead atoms. The zero-order valence-electron chi connectivity index (χ0n) is 17.2. The summed E-state index contributed by atoms with van der Waals surface area (Å²) >= 11 is 0. The van der Waals surface area contributed by atoms with Crippen molar-refractivity contribution in [2.75, 3.05) is 31.2 Å². The molecule has 3 N–H and O–H groups in total. The number of anilines is 1. The van der Waals surface area contributed by atoms with Gasteiger partial charge in [-0.15, -0.1) is 0 Å². The highest BCUT2D eigenvalue weighted by Crippen LogP contribution is 2.29. The Morgan fingerprint density at radius 2 is 2.23 bits per heavy atom. The van der Waals surface area contributed by atoms with Gasteiger partial charge in [-0.05, 0) is 31.4 Å². The molecule has 1 amide bonds. The third-order valence-electron chi connectivity index (χ3n) is 5.25.